The van der Waals surface area contributed by atoms with Crippen LogP contribution in [0.5, 0.6) is 0 Å². The number of nitrogens with one attached hydrogen (secondary N) is 2. The van der Waals surface area contributed by atoms with Crippen molar-refractivity contribution < 1.29 is 0 Å². The minimum absolute atomic E-state index is 0.491. The van der Waals surface area contributed by atoms with Crippen LogP contribution in [-0.4, -0.2) is 47.2 Å². The third-order valence-corrected chi connectivity index (χ3v) is 2.57. The van der Waals surface area contributed by atoms with Crippen LogP contribution in [0.1, 0.15) is 0 Å². The summed E-state index contributed by atoms with van der Waals surface area (Å²) in [6.45, 7) is 1.42. The van der Waals surface area contributed by atoms with E-state index in [1.165, 1.54) is 0 Å². The molecule has 0 aromatic rings. The first-order chi connectivity index (χ1) is 6.52. The number of nitrogens with two attached hydrogens (primary N) is 2. The van der Waals surface area contributed by atoms with Crippen molar-refractivity contribution in [2.45, 2.75) is 0 Å². The summed E-state index contributed by atoms with van der Waals surface area (Å²) in [6.07, 6.45) is 0. The highest BCUT2D eigenvalue weighted by Gasteiger charge is 2.05. The van der Waals surface area contributed by atoms with Crippen LogP contribution in [0.25, 0.3) is 0 Å². The summed E-state index contributed by atoms with van der Waals surface area (Å²) in [7, 11) is 3.68. The molecule has 0 fully saturated rings. The second-order valence-electron chi connectivity index (χ2n) is 2.74. The van der Waals surface area contributed by atoms with Gasteiger partial charge < -0.3 is 20.7 Å². The van der Waals surface area contributed by atoms with E-state index in [0.29, 0.717) is 23.3 Å². The van der Waals surface area contributed by atoms with Gasteiger partial charge in [-0.05, 0) is 24.4 Å². The molecule has 82 valence electrons. The molecule has 0 atom stereocenters. The summed E-state index contributed by atoms with van der Waals surface area (Å²) in [5, 5.41) is 0.982. The maximum absolute atomic E-state index is 5.16. The van der Waals surface area contributed by atoms with Crippen LogP contribution in [0.3, 0.4) is 0 Å². The fourth-order valence-electron chi connectivity index (χ4n) is 0.723. The highest BCUT2D eigenvalue weighted by atomic mass is 32.1. The molecule has 6 N–H and O–H groups in total. The Labute approximate surface area is 94.5 Å². The first kappa shape index (κ1) is 13.3. The zero-order valence-corrected chi connectivity index (χ0v) is 9.91. The molecular formula is C6H16N6S2. The predicted octanol–water partition coefficient (Wildman–Crippen LogP) is -1.65. The molecule has 0 radical (unpaired) electrons. The third kappa shape index (κ3) is 4.51. The Morgan fingerprint density at radius 2 is 1.29 bits per heavy atom. The van der Waals surface area contributed by atoms with Crippen LogP contribution in [-0.2, 0) is 0 Å². The molecule has 0 saturated carbocycles. The molecule has 14 heavy (non-hydrogen) atoms. The van der Waals surface area contributed by atoms with Crippen LogP contribution < -0.4 is 22.5 Å². The van der Waals surface area contributed by atoms with Gasteiger partial charge in [-0.2, -0.15) is 0 Å². The molecule has 0 aromatic carbocycles. The van der Waals surface area contributed by atoms with Crippen molar-refractivity contribution in [2.75, 3.05) is 27.2 Å². The largest absolute Gasteiger partial charge is 0.350 e. The SMILES string of the molecule is CN(CCN(C)C(=S)NN)C(=S)NN. The summed E-state index contributed by atoms with van der Waals surface area (Å²) in [4.78, 5) is 3.62. The second-order valence-corrected chi connectivity index (χ2v) is 3.52. The Morgan fingerprint density at radius 3 is 1.50 bits per heavy atom. The summed E-state index contributed by atoms with van der Waals surface area (Å²) >= 11 is 9.84. The number of hydrogen-bond acceptors (Lipinski definition) is 4. The smallest absolute Gasteiger partial charge is 0.183 e. The Hall–Kier alpha value is -0.700. The molecule has 0 aliphatic rings. The van der Waals surface area contributed by atoms with E-state index in [1.54, 1.807) is 0 Å². The summed E-state index contributed by atoms with van der Waals surface area (Å²) < 4.78 is 0. The van der Waals surface area contributed by atoms with Crippen LogP contribution in [0.2, 0.25) is 0 Å². The zero-order valence-electron chi connectivity index (χ0n) is 8.28. The minimum Gasteiger partial charge on any atom is -0.350 e. The van der Waals surface area contributed by atoms with E-state index in [9.17, 15) is 0 Å². The standard InChI is InChI=1S/C6H16N6S2/c1-11(5(13)9-7)3-4-12(2)6(14)10-8/h3-4,7-8H2,1-2H3,(H,9,13)(H,10,14). The maximum atomic E-state index is 5.16. The van der Waals surface area contributed by atoms with Gasteiger partial charge in [0, 0.05) is 27.2 Å². The number of nitrogens with zero attached hydrogens (tertiary/aromatic N) is 2. The van der Waals surface area contributed by atoms with E-state index in [4.69, 9.17) is 36.1 Å². The fraction of sp³-hybridized carbons (Fsp3) is 0.667. The van der Waals surface area contributed by atoms with Gasteiger partial charge in [-0.15, -0.1) is 0 Å². The van der Waals surface area contributed by atoms with Gasteiger partial charge in [-0.25, -0.2) is 11.7 Å². The highest BCUT2D eigenvalue weighted by Crippen LogP contribution is 1.88. The first-order valence-corrected chi connectivity index (χ1v) is 4.78. The van der Waals surface area contributed by atoms with Crippen molar-refractivity contribution in [1.82, 2.24) is 20.7 Å². The molecule has 6 nitrogen and oxygen atoms in total. The van der Waals surface area contributed by atoms with Crippen LogP contribution >= 0.6 is 24.4 Å². The van der Waals surface area contributed by atoms with Crippen molar-refractivity contribution >= 4 is 34.7 Å². The normalized spacial score (nSPS) is 9.14. The quantitative estimate of drug-likeness (QED) is 0.263. The maximum Gasteiger partial charge on any atom is 0.183 e. The molecule has 0 saturated heterocycles. The van der Waals surface area contributed by atoms with Gasteiger partial charge in [0.15, 0.2) is 10.2 Å². The van der Waals surface area contributed by atoms with E-state index >= 15 is 0 Å². The lowest BCUT2D eigenvalue weighted by Crippen LogP contribution is -2.47. The van der Waals surface area contributed by atoms with Crippen molar-refractivity contribution in [1.29, 1.82) is 0 Å². The van der Waals surface area contributed by atoms with Crippen LogP contribution in [0.15, 0.2) is 0 Å². The van der Waals surface area contributed by atoms with Gasteiger partial charge in [-0.3, -0.25) is 0 Å². The second kappa shape index (κ2) is 6.71. The summed E-state index contributed by atoms with van der Waals surface area (Å²) in [5.74, 6) is 10.3. The molecule has 0 aliphatic carbocycles. The Kier molecular flexibility index (Phi) is 6.37. The molecule has 0 heterocycles. The lowest BCUT2D eigenvalue weighted by molar-refractivity contribution is 0.405. The third-order valence-electron chi connectivity index (χ3n) is 1.71. The van der Waals surface area contributed by atoms with E-state index in [1.807, 2.05) is 23.9 Å². The number of thiocarbonyl (C=S) groups is 2. The molecule has 0 bridgehead atoms. The molecule has 0 spiro atoms. The molecule has 0 aliphatic heterocycles. The zero-order chi connectivity index (χ0) is 11.1. The van der Waals surface area contributed by atoms with Crippen molar-refractivity contribution in [3.05, 3.63) is 0 Å². The van der Waals surface area contributed by atoms with Crippen molar-refractivity contribution in [2.24, 2.45) is 11.7 Å². The Balaban J connectivity index is 3.82. The van der Waals surface area contributed by atoms with Gasteiger partial charge in [-0.1, -0.05) is 0 Å². The lowest BCUT2D eigenvalue weighted by Gasteiger charge is -2.24. The molecule has 8 heteroatoms. The van der Waals surface area contributed by atoms with E-state index < -0.39 is 0 Å². The van der Waals surface area contributed by atoms with Crippen LogP contribution in [0, 0.1) is 0 Å². The average molecular weight is 236 g/mol. The van der Waals surface area contributed by atoms with Crippen molar-refractivity contribution in [3.63, 3.8) is 0 Å². The topological polar surface area (TPSA) is 82.6 Å². The van der Waals surface area contributed by atoms with Gasteiger partial charge in [0.05, 0.1) is 0 Å². The van der Waals surface area contributed by atoms with E-state index in [-0.39, 0.29) is 0 Å². The van der Waals surface area contributed by atoms with E-state index in [0.717, 1.165) is 0 Å². The molecular weight excluding hydrogens is 220 g/mol. The summed E-state index contributed by atoms with van der Waals surface area (Å²) in [5.41, 5.74) is 4.79. The monoisotopic (exact) mass is 236 g/mol. The number of rotatable bonds is 3. The fourth-order valence-corrected chi connectivity index (χ4v) is 0.906. The van der Waals surface area contributed by atoms with Crippen molar-refractivity contribution in [3.8, 4) is 0 Å². The lowest BCUT2D eigenvalue weighted by atomic mass is 10.5. The predicted molar refractivity (Wildman–Crippen MR) is 65.1 cm³/mol. The minimum atomic E-state index is 0.491. The highest BCUT2D eigenvalue weighted by molar-refractivity contribution is 7.80. The van der Waals surface area contributed by atoms with Gasteiger partial charge in [0.1, 0.15) is 0 Å². The Bertz CT molecular complexity index is 186. The summed E-state index contributed by atoms with van der Waals surface area (Å²) in [6, 6.07) is 0. The van der Waals surface area contributed by atoms with Gasteiger partial charge in [0.2, 0.25) is 0 Å². The van der Waals surface area contributed by atoms with Crippen LogP contribution in [0.4, 0.5) is 0 Å². The molecule has 0 amide bonds. The van der Waals surface area contributed by atoms with Gasteiger partial charge >= 0.3 is 0 Å². The molecule has 0 unspecified atom stereocenters. The number of hydrogen-bond donors (Lipinski definition) is 4. The first-order valence-electron chi connectivity index (χ1n) is 3.96. The van der Waals surface area contributed by atoms with E-state index in [2.05, 4.69) is 10.9 Å². The Morgan fingerprint density at radius 1 is 1.00 bits per heavy atom. The molecule has 0 aromatic heterocycles. The molecule has 0 rings (SSSR count). The number of hydrazine groups is 2. The van der Waals surface area contributed by atoms with Gasteiger partial charge in [0.25, 0.3) is 0 Å². The number of likely N-dealkylation sites (N-methyl/N-ethyl adjacent to an activating group) is 2. The average Bonchev–Trinajstić information content (AvgIpc) is 2.22.